The number of benzene rings is 1. The zero-order valence-corrected chi connectivity index (χ0v) is 12.2. The molecular formula is C16H16N4O2. The fourth-order valence-corrected chi connectivity index (χ4v) is 3.21. The van der Waals surface area contributed by atoms with Gasteiger partial charge in [0.2, 0.25) is 0 Å². The summed E-state index contributed by atoms with van der Waals surface area (Å²) in [6.07, 6.45) is 3.75. The molecule has 0 atom stereocenters. The van der Waals surface area contributed by atoms with Gasteiger partial charge in [-0.25, -0.2) is 4.79 Å². The predicted molar refractivity (Wildman–Crippen MR) is 78.1 cm³/mol. The van der Waals surface area contributed by atoms with Crippen LogP contribution in [-0.4, -0.2) is 25.8 Å². The van der Waals surface area contributed by atoms with Crippen LogP contribution in [0.15, 0.2) is 30.6 Å². The van der Waals surface area contributed by atoms with E-state index in [1.165, 1.54) is 0 Å². The first kappa shape index (κ1) is 14.3. The second-order valence-corrected chi connectivity index (χ2v) is 5.94. The van der Waals surface area contributed by atoms with Crippen LogP contribution in [0.5, 0.6) is 0 Å². The van der Waals surface area contributed by atoms with Gasteiger partial charge in [0.05, 0.1) is 11.6 Å². The van der Waals surface area contributed by atoms with Gasteiger partial charge in [-0.05, 0) is 30.5 Å². The number of aromatic nitrogens is 3. The fourth-order valence-electron chi connectivity index (χ4n) is 3.21. The Balaban J connectivity index is 1.97. The molecule has 1 aliphatic carbocycles. The monoisotopic (exact) mass is 296 g/mol. The van der Waals surface area contributed by atoms with E-state index in [2.05, 4.69) is 16.3 Å². The van der Waals surface area contributed by atoms with Crippen molar-refractivity contribution in [1.82, 2.24) is 14.8 Å². The molecule has 1 fully saturated rings. The number of hydrogen-bond donors (Lipinski definition) is 1. The summed E-state index contributed by atoms with van der Waals surface area (Å²) in [6, 6.07) is 9.30. The van der Waals surface area contributed by atoms with Crippen LogP contribution >= 0.6 is 0 Å². The maximum Gasteiger partial charge on any atom is 0.335 e. The molecular weight excluding hydrogens is 280 g/mol. The van der Waals surface area contributed by atoms with E-state index in [1.807, 2.05) is 17.7 Å². The summed E-state index contributed by atoms with van der Waals surface area (Å²) < 4.78 is 1.86. The molecule has 0 spiro atoms. The first-order valence-electron chi connectivity index (χ1n) is 7.10. The Bertz CT molecular complexity index is 754. The van der Waals surface area contributed by atoms with Gasteiger partial charge >= 0.3 is 5.97 Å². The zero-order chi connectivity index (χ0) is 15.7. The zero-order valence-electron chi connectivity index (χ0n) is 12.2. The molecule has 22 heavy (non-hydrogen) atoms. The Labute approximate surface area is 128 Å². The number of nitrogens with zero attached hydrogens (tertiary/aromatic N) is 4. The average Bonchev–Trinajstić information content (AvgIpc) is 2.87. The van der Waals surface area contributed by atoms with Gasteiger partial charge in [0.25, 0.3) is 0 Å². The third-order valence-corrected chi connectivity index (χ3v) is 4.48. The molecule has 0 bridgehead atoms. The van der Waals surface area contributed by atoms with Crippen molar-refractivity contribution in [2.75, 3.05) is 0 Å². The molecule has 1 aliphatic rings. The second-order valence-electron chi connectivity index (χ2n) is 5.94. The summed E-state index contributed by atoms with van der Waals surface area (Å²) in [5.41, 5.74) is 1.00. The minimum absolute atomic E-state index is 0.0155. The van der Waals surface area contributed by atoms with Crippen LogP contribution in [0.1, 0.15) is 34.6 Å². The topological polar surface area (TPSA) is 91.8 Å². The third-order valence-electron chi connectivity index (χ3n) is 4.48. The molecule has 112 valence electrons. The summed E-state index contributed by atoms with van der Waals surface area (Å²) in [4.78, 5) is 11.2. The Morgan fingerprint density at radius 1 is 1.55 bits per heavy atom. The summed E-state index contributed by atoms with van der Waals surface area (Å²) in [6.45, 7) is 0. The third kappa shape index (κ3) is 2.35. The van der Waals surface area contributed by atoms with E-state index in [4.69, 9.17) is 5.26 Å². The Morgan fingerprint density at radius 2 is 2.32 bits per heavy atom. The molecule has 3 rings (SSSR count). The van der Waals surface area contributed by atoms with E-state index in [0.29, 0.717) is 6.42 Å². The van der Waals surface area contributed by atoms with Gasteiger partial charge in [-0.15, -0.1) is 10.2 Å². The van der Waals surface area contributed by atoms with E-state index >= 15 is 0 Å². The van der Waals surface area contributed by atoms with Crippen molar-refractivity contribution in [2.45, 2.75) is 24.7 Å². The lowest BCUT2D eigenvalue weighted by Gasteiger charge is -2.45. The molecule has 2 aromatic rings. The predicted octanol–water partition coefficient (Wildman–Crippen LogP) is 1.93. The summed E-state index contributed by atoms with van der Waals surface area (Å²) in [5, 5.41) is 26.3. The van der Waals surface area contributed by atoms with Crippen LogP contribution < -0.4 is 0 Å². The molecule has 0 amide bonds. The smallest absolute Gasteiger partial charge is 0.335 e. The molecule has 0 saturated heterocycles. The van der Waals surface area contributed by atoms with E-state index in [-0.39, 0.29) is 16.9 Å². The van der Waals surface area contributed by atoms with E-state index < -0.39 is 5.97 Å². The second kappa shape index (κ2) is 5.26. The number of rotatable bonds is 4. The van der Waals surface area contributed by atoms with Gasteiger partial charge in [0, 0.05) is 24.8 Å². The van der Waals surface area contributed by atoms with Crippen molar-refractivity contribution in [3.63, 3.8) is 0 Å². The quantitative estimate of drug-likeness (QED) is 0.930. The van der Waals surface area contributed by atoms with Crippen LogP contribution in [0.4, 0.5) is 0 Å². The van der Waals surface area contributed by atoms with Crippen molar-refractivity contribution < 1.29 is 9.90 Å². The maximum absolute atomic E-state index is 11.2. The molecule has 0 unspecified atom stereocenters. The fraction of sp³-hybridized carbons (Fsp3) is 0.375. The van der Waals surface area contributed by atoms with E-state index in [1.54, 1.807) is 24.5 Å². The molecule has 0 aliphatic heterocycles. The molecule has 1 aromatic heterocycles. The molecule has 1 N–H and O–H groups in total. The number of aromatic carboxylic acids is 1. The number of nitriles is 1. The standard InChI is InChI=1S/C16H16N4O2/c1-20-10-18-19-14(20)8-16(6-11(7-16)9-17)13-4-2-3-12(5-13)15(21)22/h2-5,10-11H,6-8H2,1H3,(H,21,22). The van der Waals surface area contributed by atoms with Gasteiger partial charge in [-0.2, -0.15) is 5.26 Å². The van der Waals surface area contributed by atoms with Crippen molar-refractivity contribution in [3.05, 3.63) is 47.5 Å². The highest BCUT2D eigenvalue weighted by atomic mass is 16.4. The lowest BCUT2D eigenvalue weighted by atomic mass is 9.57. The summed E-state index contributed by atoms with van der Waals surface area (Å²) in [5.74, 6) is -0.0781. The first-order chi connectivity index (χ1) is 10.5. The number of carboxylic acid groups (broad SMARTS) is 1. The van der Waals surface area contributed by atoms with Crippen molar-refractivity contribution in [1.29, 1.82) is 5.26 Å². The van der Waals surface area contributed by atoms with E-state index in [0.717, 1.165) is 24.2 Å². The van der Waals surface area contributed by atoms with Gasteiger partial charge in [-0.3, -0.25) is 0 Å². The van der Waals surface area contributed by atoms with Crippen molar-refractivity contribution in [2.24, 2.45) is 13.0 Å². The van der Waals surface area contributed by atoms with Crippen LogP contribution in [0.3, 0.4) is 0 Å². The number of aryl methyl sites for hydroxylation is 1. The molecule has 1 aromatic carbocycles. The van der Waals surface area contributed by atoms with Crippen LogP contribution in [0.2, 0.25) is 0 Å². The Hall–Kier alpha value is -2.68. The molecule has 6 nitrogen and oxygen atoms in total. The highest BCUT2D eigenvalue weighted by Crippen LogP contribution is 2.49. The van der Waals surface area contributed by atoms with Crippen molar-refractivity contribution >= 4 is 5.97 Å². The number of carboxylic acids is 1. The molecule has 0 radical (unpaired) electrons. The number of carbonyl (C=O) groups is 1. The summed E-state index contributed by atoms with van der Waals surface area (Å²) in [7, 11) is 1.89. The first-order valence-corrected chi connectivity index (χ1v) is 7.10. The highest BCUT2D eigenvalue weighted by Gasteiger charge is 2.46. The molecule has 1 heterocycles. The number of hydrogen-bond acceptors (Lipinski definition) is 4. The van der Waals surface area contributed by atoms with Gasteiger partial charge < -0.3 is 9.67 Å². The normalized spacial score (nSPS) is 23.5. The van der Waals surface area contributed by atoms with Crippen molar-refractivity contribution in [3.8, 4) is 6.07 Å². The van der Waals surface area contributed by atoms with Gasteiger partial charge in [-0.1, -0.05) is 12.1 Å². The SMILES string of the molecule is Cn1cnnc1CC1(c2cccc(C(=O)O)c2)CC(C#N)C1. The largest absolute Gasteiger partial charge is 0.478 e. The maximum atomic E-state index is 11.2. The minimum atomic E-state index is -0.938. The van der Waals surface area contributed by atoms with Gasteiger partial charge in [0.15, 0.2) is 0 Å². The minimum Gasteiger partial charge on any atom is -0.478 e. The molecule has 1 saturated carbocycles. The van der Waals surface area contributed by atoms with Crippen LogP contribution in [0.25, 0.3) is 0 Å². The Morgan fingerprint density at radius 3 is 2.91 bits per heavy atom. The molecule has 6 heteroatoms. The lowest BCUT2D eigenvalue weighted by Crippen LogP contribution is -2.43. The average molecular weight is 296 g/mol. The van der Waals surface area contributed by atoms with Crippen LogP contribution in [-0.2, 0) is 18.9 Å². The summed E-state index contributed by atoms with van der Waals surface area (Å²) >= 11 is 0. The van der Waals surface area contributed by atoms with E-state index in [9.17, 15) is 9.90 Å². The van der Waals surface area contributed by atoms with Crippen LogP contribution in [0, 0.1) is 17.2 Å². The van der Waals surface area contributed by atoms with Gasteiger partial charge in [0.1, 0.15) is 12.2 Å². The lowest BCUT2D eigenvalue weighted by molar-refractivity contribution is 0.0696. The Kier molecular flexibility index (Phi) is 3.41. The highest BCUT2D eigenvalue weighted by molar-refractivity contribution is 5.87.